The van der Waals surface area contributed by atoms with Gasteiger partial charge in [0.25, 0.3) is 0 Å². The number of rotatable bonds is 2. The molecule has 10 rings (SSSR count). The van der Waals surface area contributed by atoms with Gasteiger partial charge in [0.1, 0.15) is 0 Å². The maximum atomic E-state index is 5.37. The van der Waals surface area contributed by atoms with Gasteiger partial charge >= 0.3 is 0 Å². The molecular formula is C40H23N3. The van der Waals surface area contributed by atoms with Gasteiger partial charge in [0.15, 0.2) is 0 Å². The lowest BCUT2D eigenvalue weighted by molar-refractivity contribution is 1.02. The van der Waals surface area contributed by atoms with Crippen molar-refractivity contribution < 1.29 is 0 Å². The Hall–Kier alpha value is -5.80. The molecule has 198 valence electrons. The molecule has 0 saturated carbocycles. The fourth-order valence-electron chi connectivity index (χ4n) is 7.33. The summed E-state index contributed by atoms with van der Waals surface area (Å²) in [6.45, 7) is 0. The number of nitrogens with zero attached hydrogens (tertiary/aromatic N) is 3. The fraction of sp³-hybridized carbons (Fsp3) is 0. The Morgan fingerprint density at radius 2 is 1.14 bits per heavy atom. The first-order valence-electron chi connectivity index (χ1n) is 14.7. The van der Waals surface area contributed by atoms with Gasteiger partial charge in [0.2, 0.25) is 5.95 Å². The van der Waals surface area contributed by atoms with E-state index in [4.69, 9.17) is 9.97 Å². The molecule has 0 saturated heterocycles. The molecule has 2 heterocycles. The van der Waals surface area contributed by atoms with Crippen LogP contribution in [0.1, 0.15) is 0 Å². The van der Waals surface area contributed by atoms with Gasteiger partial charge in [-0.2, -0.15) is 0 Å². The summed E-state index contributed by atoms with van der Waals surface area (Å²) in [5.74, 6) is 0.683. The Labute approximate surface area is 247 Å². The van der Waals surface area contributed by atoms with E-state index in [0.717, 1.165) is 33.2 Å². The highest BCUT2D eigenvalue weighted by molar-refractivity contribution is 6.31. The Balaban J connectivity index is 1.44. The minimum atomic E-state index is 0.683. The average Bonchev–Trinajstić information content (AvgIpc) is 3.59. The summed E-state index contributed by atoms with van der Waals surface area (Å²) in [4.78, 5) is 10.6. The van der Waals surface area contributed by atoms with Crippen LogP contribution in [0.15, 0.2) is 140 Å². The van der Waals surface area contributed by atoms with E-state index >= 15 is 0 Å². The monoisotopic (exact) mass is 545 g/mol. The van der Waals surface area contributed by atoms with Crippen molar-refractivity contribution in [2.45, 2.75) is 0 Å². The standard InChI is InChI=1S/C40H23N3/c1-2-12-25(13-3-1)38-30-17-8-9-20-34(30)41-40(42-38)43-35-23-33-28-16-7-6-15-27(28)29-18-10-19-31(36(29)33)37(35)32-22-21-24-11-4-5-14-26(24)39(32)43/h1-23H. The molecular weight excluding hydrogens is 522 g/mol. The molecule has 0 radical (unpaired) electrons. The largest absolute Gasteiger partial charge is 0.277 e. The molecule has 43 heavy (non-hydrogen) atoms. The second-order valence-electron chi connectivity index (χ2n) is 11.4. The molecule has 0 spiro atoms. The van der Waals surface area contributed by atoms with E-state index in [-0.39, 0.29) is 0 Å². The molecule has 9 aromatic rings. The Bertz CT molecular complexity index is 2610. The zero-order chi connectivity index (χ0) is 28.1. The number of hydrogen-bond acceptors (Lipinski definition) is 2. The van der Waals surface area contributed by atoms with Crippen molar-refractivity contribution in [2.24, 2.45) is 0 Å². The summed E-state index contributed by atoms with van der Waals surface area (Å²) in [5.41, 5.74) is 10.4. The Morgan fingerprint density at radius 1 is 0.442 bits per heavy atom. The van der Waals surface area contributed by atoms with Crippen LogP contribution in [0, 0.1) is 0 Å². The van der Waals surface area contributed by atoms with Gasteiger partial charge in [-0.1, -0.05) is 127 Å². The maximum absolute atomic E-state index is 5.37. The second-order valence-corrected chi connectivity index (χ2v) is 11.4. The van der Waals surface area contributed by atoms with Crippen molar-refractivity contribution in [3.63, 3.8) is 0 Å². The van der Waals surface area contributed by atoms with E-state index in [1.807, 2.05) is 6.07 Å². The zero-order valence-corrected chi connectivity index (χ0v) is 23.1. The van der Waals surface area contributed by atoms with Gasteiger partial charge in [-0.15, -0.1) is 0 Å². The first kappa shape index (κ1) is 22.8. The third kappa shape index (κ3) is 3.03. The van der Waals surface area contributed by atoms with E-state index < -0.39 is 0 Å². The predicted molar refractivity (Wildman–Crippen MR) is 179 cm³/mol. The van der Waals surface area contributed by atoms with Crippen molar-refractivity contribution in [2.75, 3.05) is 0 Å². The van der Waals surface area contributed by atoms with Crippen LogP contribution in [0.2, 0.25) is 0 Å². The summed E-state index contributed by atoms with van der Waals surface area (Å²) in [5, 5.41) is 8.49. The van der Waals surface area contributed by atoms with Gasteiger partial charge in [-0.05, 0) is 50.5 Å². The molecule has 0 N–H and O–H groups in total. The highest BCUT2D eigenvalue weighted by Crippen LogP contribution is 2.51. The minimum absolute atomic E-state index is 0.683. The van der Waals surface area contributed by atoms with Gasteiger partial charge < -0.3 is 0 Å². The lowest BCUT2D eigenvalue weighted by Crippen LogP contribution is -2.04. The second kappa shape index (κ2) is 8.37. The van der Waals surface area contributed by atoms with Crippen molar-refractivity contribution in [1.82, 2.24) is 14.5 Å². The summed E-state index contributed by atoms with van der Waals surface area (Å²) in [7, 11) is 0. The van der Waals surface area contributed by atoms with Crippen LogP contribution in [0.4, 0.5) is 0 Å². The number of fused-ring (bicyclic) bond motifs is 10. The van der Waals surface area contributed by atoms with Crippen LogP contribution < -0.4 is 0 Å². The molecule has 0 fully saturated rings. The Kier molecular flexibility index (Phi) is 4.45. The van der Waals surface area contributed by atoms with E-state index in [1.54, 1.807) is 0 Å². The van der Waals surface area contributed by atoms with Crippen LogP contribution in [0.5, 0.6) is 0 Å². The average molecular weight is 546 g/mol. The van der Waals surface area contributed by atoms with Crippen LogP contribution in [-0.4, -0.2) is 14.5 Å². The van der Waals surface area contributed by atoms with Crippen LogP contribution in [0.25, 0.3) is 93.7 Å². The van der Waals surface area contributed by atoms with Crippen molar-refractivity contribution in [3.8, 4) is 39.5 Å². The number of para-hydroxylation sites is 1. The van der Waals surface area contributed by atoms with Crippen LogP contribution in [-0.2, 0) is 0 Å². The highest BCUT2D eigenvalue weighted by atomic mass is 15.2. The molecule has 0 amide bonds. The summed E-state index contributed by atoms with van der Waals surface area (Å²) in [6, 6.07) is 49.9. The summed E-state index contributed by atoms with van der Waals surface area (Å²) < 4.78 is 2.31. The molecule has 7 aromatic carbocycles. The van der Waals surface area contributed by atoms with Gasteiger partial charge in [0.05, 0.1) is 22.2 Å². The van der Waals surface area contributed by atoms with Gasteiger partial charge in [-0.25, -0.2) is 9.97 Å². The van der Waals surface area contributed by atoms with E-state index in [0.29, 0.717) is 5.95 Å². The SMILES string of the molecule is c1ccc(-c2nc(-n3c4cc5c6c(cccc6c4c4ccc6ccccc6c43)-c3ccccc3-5)nc3ccccc23)cc1. The topological polar surface area (TPSA) is 30.7 Å². The molecule has 0 unspecified atom stereocenters. The third-order valence-corrected chi connectivity index (χ3v) is 9.12. The number of hydrogen-bond donors (Lipinski definition) is 0. The smallest absolute Gasteiger partial charge is 0.235 e. The molecule has 1 aliphatic carbocycles. The molecule has 2 aromatic heterocycles. The van der Waals surface area contributed by atoms with Crippen molar-refractivity contribution in [3.05, 3.63) is 140 Å². The molecule has 3 heteroatoms. The maximum Gasteiger partial charge on any atom is 0.235 e. The number of benzene rings is 7. The van der Waals surface area contributed by atoms with Crippen LogP contribution >= 0.6 is 0 Å². The van der Waals surface area contributed by atoms with Crippen molar-refractivity contribution >= 4 is 54.3 Å². The fourth-order valence-corrected chi connectivity index (χ4v) is 7.33. The van der Waals surface area contributed by atoms with E-state index in [9.17, 15) is 0 Å². The van der Waals surface area contributed by atoms with Gasteiger partial charge in [-0.3, -0.25) is 4.57 Å². The minimum Gasteiger partial charge on any atom is -0.277 e. The van der Waals surface area contributed by atoms with E-state index in [1.165, 1.54) is 54.6 Å². The first-order valence-corrected chi connectivity index (χ1v) is 14.7. The van der Waals surface area contributed by atoms with E-state index in [2.05, 4.69) is 138 Å². The molecule has 0 atom stereocenters. The normalized spacial score (nSPS) is 12.2. The molecule has 3 nitrogen and oxygen atoms in total. The summed E-state index contributed by atoms with van der Waals surface area (Å²) >= 11 is 0. The lowest BCUT2D eigenvalue weighted by Gasteiger charge is -2.13. The van der Waals surface area contributed by atoms with Crippen molar-refractivity contribution in [1.29, 1.82) is 0 Å². The zero-order valence-electron chi connectivity index (χ0n) is 23.1. The highest BCUT2D eigenvalue weighted by Gasteiger charge is 2.26. The molecule has 0 bridgehead atoms. The first-order chi connectivity index (χ1) is 21.3. The van der Waals surface area contributed by atoms with Crippen LogP contribution in [0.3, 0.4) is 0 Å². The number of aromatic nitrogens is 3. The molecule has 0 aliphatic heterocycles. The van der Waals surface area contributed by atoms with Gasteiger partial charge in [0, 0.05) is 27.1 Å². The Morgan fingerprint density at radius 3 is 2.02 bits per heavy atom. The predicted octanol–water partition coefficient (Wildman–Crippen LogP) is 10.3. The third-order valence-electron chi connectivity index (χ3n) is 9.12. The lowest BCUT2D eigenvalue weighted by atomic mass is 9.97. The summed E-state index contributed by atoms with van der Waals surface area (Å²) in [6.07, 6.45) is 0. The quantitative estimate of drug-likeness (QED) is 0.216. The molecule has 1 aliphatic rings.